The van der Waals surface area contributed by atoms with Crippen LogP contribution in [0.25, 0.3) is 10.4 Å². The summed E-state index contributed by atoms with van der Waals surface area (Å²) in [5, 5.41) is 5.75. The molecule has 0 N–H and O–H groups in total. The first-order chi connectivity index (χ1) is 6.86. The van der Waals surface area contributed by atoms with Crippen molar-refractivity contribution < 1.29 is 0 Å². The minimum absolute atomic E-state index is 0.478. The molecule has 0 unspecified atom stereocenters. The van der Waals surface area contributed by atoms with E-state index in [4.69, 9.17) is 5.53 Å². The summed E-state index contributed by atoms with van der Waals surface area (Å²) in [6.45, 7) is 0.478. The second kappa shape index (κ2) is 5.89. The molecule has 0 aliphatic heterocycles. The Morgan fingerprint density at radius 1 is 1.36 bits per heavy atom. The van der Waals surface area contributed by atoms with Crippen LogP contribution in [0.1, 0.15) is 5.56 Å². The van der Waals surface area contributed by atoms with Gasteiger partial charge in [0.05, 0.1) is 10.8 Å². The molecule has 4 nitrogen and oxygen atoms in total. The Morgan fingerprint density at radius 3 is 2.64 bits per heavy atom. The molecule has 0 saturated carbocycles. The number of isothiocyanates is 1. The molecule has 0 fully saturated rings. The lowest BCUT2D eigenvalue weighted by Gasteiger charge is -1.97. The summed E-state index contributed by atoms with van der Waals surface area (Å²) in [6, 6.07) is 7.56. The van der Waals surface area contributed by atoms with Crippen LogP contribution in [0.5, 0.6) is 0 Å². The summed E-state index contributed by atoms with van der Waals surface area (Å²) in [7, 11) is 0. The minimum Gasteiger partial charge on any atom is -0.195 e. The predicted molar refractivity (Wildman–Crippen MR) is 58.8 cm³/mol. The first-order valence-electron chi connectivity index (χ1n) is 4.04. The molecular weight excluding hydrogens is 196 g/mol. The highest BCUT2D eigenvalue weighted by Crippen LogP contribution is 2.12. The Balaban J connectivity index is 2.63. The first-order valence-corrected chi connectivity index (χ1v) is 4.45. The number of aliphatic imine (C=N–C) groups is 1. The smallest absolute Gasteiger partial charge is 0.0739 e. The van der Waals surface area contributed by atoms with Crippen molar-refractivity contribution in [1.29, 1.82) is 0 Å². The Morgan fingerprint density at radius 2 is 2.07 bits per heavy atom. The molecule has 1 rings (SSSR count). The fourth-order valence-corrected chi connectivity index (χ4v) is 1.12. The van der Waals surface area contributed by atoms with Crippen molar-refractivity contribution in [3.8, 4) is 0 Å². The van der Waals surface area contributed by atoms with Gasteiger partial charge < -0.3 is 0 Å². The summed E-state index contributed by atoms with van der Waals surface area (Å²) in [4.78, 5) is 6.51. The summed E-state index contributed by atoms with van der Waals surface area (Å²) in [5.74, 6) is 0. The Bertz CT molecular complexity index is 386. The zero-order chi connectivity index (χ0) is 10.2. The average molecular weight is 204 g/mol. The molecule has 0 saturated heterocycles. The molecule has 0 bridgehead atoms. The molecule has 0 aliphatic carbocycles. The van der Waals surface area contributed by atoms with Gasteiger partial charge in [-0.1, -0.05) is 17.2 Å². The van der Waals surface area contributed by atoms with E-state index in [2.05, 4.69) is 32.4 Å². The standard InChI is InChI=1S/C9H8N4S/c10-13-12-6-5-8-1-3-9(4-2-8)11-7-14/h1-4H,5-6H2. The highest BCUT2D eigenvalue weighted by Gasteiger charge is 1.92. The van der Waals surface area contributed by atoms with Gasteiger partial charge >= 0.3 is 0 Å². The maximum absolute atomic E-state index is 8.08. The zero-order valence-electron chi connectivity index (χ0n) is 7.42. The van der Waals surface area contributed by atoms with Crippen LogP contribution in [0.2, 0.25) is 0 Å². The van der Waals surface area contributed by atoms with Gasteiger partial charge in [-0.3, -0.25) is 0 Å². The molecule has 0 amide bonds. The van der Waals surface area contributed by atoms with Crippen LogP contribution >= 0.6 is 12.2 Å². The number of azide groups is 1. The SMILES string of the molecule is [N-]=[N+]=NCCc1ccc(N=C=S)cc1. The highest BCUT2D eigenvalue weighted by atomic mass is 32.1. The molecule has 0 spiro atoms. The van der Waals surface area contributed by atoms with Gasteiger partial charge in [0, 0.05) is 11.5 Å². The normalized spacial score (nSPS) is 8.57. The van der Waals surface area contributed by atoms with Crippen LogP contribution < -0.4 is 0 Å². The van der Waals surface area contributed by atoms with E-state index in [0.29, 0.717) is 6.54 Å². The van der Waals surface area contributed by atoms with Crippen LogP contribution in [0.3, 0.4) is 0 Å². The van der Waals surface area contributed by atoms with E-state index in [0.717, 1.165) is 17.7 Å². The number of hydrogen-bond donors (Lipinski definition) is 0. The van der Waals surface area contributed by atoms with Gasteiger partial charge in [0.25, 0.3) is 0 Å². The van der Waals surface area contributed by atoms with Crippen molar-refractivity contribution in [3.63, 3.8) is 0 Å². The van der Waals surface area contributed by atoms with Crippen molar-refractivity contribution in [2.75, 3.05) is 6.54 Å². The van der Waals surface area contributed by atoms with E-state index in [1.807, 2.05) is 24.3 Å². The molecule has 0 aliphatic rings. The summed E-state index contributed by atoms with van der Waals surface area (Å²) in [5.41, 5.74) is 9.98. The molecule has 1 aromatic carbocycles. The Hall–Kier alpha value is -1.67. The van der Waals surface area contributed by atoms with Crippen molar-refractivity contribution >= 4 is 23.1 Å². The van der Waals surface area contributed by atoms with Crippen molar-refractivity contribution in [2.24, 2.45) is 10.1 Å². The van der Waals surface area contributed by atoms with Gasteiger partial charge in [-0.25, -0.2) is 0 Å². The lowest BCUT2D eigenvalue weighted by molar-refractivity contribution is 0.956. The maximum Gasteiger partial charge on any atom is 0.0739 e. The highest BCUT2D eigenvalue weighted by molar-refractivity contribution is 7.78. The van der Waals surface area contributed by atoms with Crippen molar-refractivity contribution in [2.45, 2.75) is 6.42 Å². The van der Waals surface area contributed by atoms with Crippen LogP contribution in [-0.4, -0.2) is 11.7 Å². The lowest BCUT2D eigenvalue weighted by atomic mass is 10.1. The first kappa shape index (κ1) is 10.4. The molecular formula is C9H8N4S. The van der Waals surface area contributed by atoms with E-state index in [9.17, 15) is 0 Å². The van der Waals surface area contributed by atoms with Crippen LogP contribution in [0, 0.1) is 0 Å². The van der Waals surface area contributed by atoms with E-state index in [-0.39, 0.29) is 0 Å². The maximum atomic E-state index is 8.08. The number of nitrogens with zero attached hydrogens (tertiary/aromatic N) is 4. The molecule has 0 heterocycles. The number of thiocarbonyl (C=S) groups is 1. The van der Waals surface area contributed by atoms with E-state index in [1.54, 1.807) is 0 Å². The van der Waals surface area contributed by atoms with E-state index < -0.39 is 0 Å². The van der Waals surface area contributed by atoms with Gasteiger partial charge in [0.2, 0.25) is 0 Å². The lowest BCUT2D eigenvalue weighted by Crippen LogP contribution is -1.86. The van der Waals surface area contributed by atoms with E-state index in [1.165, 1.54) is 0 Å². The Kier molecular flexibility index (Phi) is 4.38. The molecule has 0 radical (unpaired) electrons. The summed E-state index contributed by atoms with van der Waals surface area (Å²) >= 11 is 4.48. The van der Waals surface area contributed by atoms with Gasteiger partial charge in [-0.05, 0) is 41.9 Å². The average Bonchev–Trinajstić information content (AvgIpc) is 2.21. The van der Waals surface area contributed by atoms with Gasteiger partial charge in [-0.2, -0.15) is 4.99 Å². The Labute approximate surface area is 86.9 Å². The van der Waals surface area contributed by atoms with Crippen molar-refractivity contribution in [3.05, 3.63) is 40.3 Å². The van der Waals surface area contributed by atoms with Gasteiger partial charge in [0.1, 0.15) is 0 Å². The molecule has 14 heavy (non-hydrogen) atoms. The van der Waals surface area contributed by atoms with Crippen LogP contribution in [0.4, 0.5) is 5.69 Å². The van der Waals surface area contributed by atoms with Gasteiger partial charge in [0.15, 0.2) is 0 Å². The van der Waals surface area contributed by atoms with Crippen molar-refractivity contribution in [1.82, 2.24) is 0 Å². The third kappa shape index (κ3) is 3.37. The van der Waals surface area contributed by atoms with Crippen LogP contribution in [-0.2, 0) is 6.42 Å². The monoisotopic (exact) mass is 204 g/mol. The number of rotatable bonds is 4. The van der Waals surface area contributed by atoms with Gasteiger partial charge in [-0.15, -0.1) is 0 Å². The molecule has 0 atom stereocenters. The fraction of sp³-hybridized carbons (Fsp3) is 0.222. The third-order valence-corrected chi connectivity index (χ3v) is 1.77. The second-order valence-corrected chi connectivity index (χ2v) is 2.76. The number of benzene rings is 1. The fourth-order valence-electron chi connectivity index (χ4n) is 1.01. The van der Waals surface area contributed by atoms with Crippen LogP contribution in [0.15, 0.2) is 34.4 Å². The largest absolute Gasteiger partial charge is 0.195 e. The molecule has 1 aromatic rings. The summed E-state index contributed by atoms with van der Waals surface area (Å²) < 4.78 is 0. The predicted octanol–water partition coefficient (Wildman–Crippen LogP) is 3.27. The minimum atomic E-state index is 0.478. The molecule has 5 heteroatoms. The zero-order valence-corrected chi connectivity index (χ0v) is 8.24. The number of hydrogen-bond acceptors (Lipinski definition) is 3. The molecule has 0 aromatic heterocycles. The topological polar surface area (TPSA) is 61.1 Å². The van der Waals surface area contributed by atoms with E-state index >= 15 is 0 Å². The molecule has 70 valence electrons. The quantitative estimate of drug-likeness (QED) is 0.244. The third-order valence-electron chi connectivity index (χ3n) is 1.67. The summed E-state index contributed by atoms with van der Waals surface area (Å²) in [6.07, 6.45) is 0.742. The second-order valence-electron chi connectivity index (χ2n) is 2.57.